The summed E-state index contributed by atoms with van der Waals surface area (Å²) < 4.78 is 36.3. The Morgan fingerprint density at radius 3 is 2.25 bits per heavy atom. The van der Waals surface area contributed by atoms with Crippen molar-refractivity contribution in [2.24, 2.45) is 5.73 Å². The van der Waals surface area contributed by atoms with Crippen LogP contribution in [0.15, 0.2) is 0 Å². The first kappa shape index (κ1) is 12.1. The fourth-order valence-corrected chi connectivity index (χ4v) is 1.58. The van der Waals surface area contributed by atoms with Gasteiger partial charge in [-0.05, 0) is 6.92 Å². The molecular weight excluding hydrogens is 191 g/mol. The topological polar surface area (TPSA) is 46.2 Å². The minimum Gasteiger partial charge on any atom is -0.396 e. The highest BCUT2D eigenvalue weighted by atomic mass is 32.2. The first-order chi connectivity index (χ1) is 5.39. The zero-order chi connectivity index (χ0) is 9.78. The zero-order valence-electron chi connectivity index (χ0n) is 6.64. The maximum absolute atomic E-state index is 12.1. The van der Waals surface area contributed by atoms with Gasteiger partial charge < -0.3 is 10.8 Å². The Morgan fingerprint density at radius 1 is 1.50 bits per heavy atom. The van der Waals surface area contributed by atoms with E-state index in [4.69, 9.17) is 10.8 Å². The Hall–Kier alpha value is 0.0600. The minimum absolute atomic E-state index is 0.0612. The molecule has 6 heteroatoms. The molecule has 0 fully saturated rings. The van der Waals surface area contributed by atoms with Crippen molar-refractivity contribution in [1.82, 2.24) is 0 Å². The lowest BCUT2D eigenvalue weighted by Crippen LogP contribution is -2.41. The molecular formula is C6H12F3NOS. The summed E-state index contributed by atoms with van der Waals surface area (Å²) in [4.78, 5) is 0. The molecule has 0 rings (SSSR count). The number of aliphatic hydroxyl groups excluding tert-OH is 1. The van der Waals surface area contributed by atoms with Crippen molar-refractivity contribution in [2.75, 3.05) is 12.4 Å². The molecule has 0 aliphatic carbocycles. The number of nitrogens with two attached hydrogens (primary N) is 1. The molecule has 0 aliphatic heterocycles. The fourth-order valence-electron chi connectivity index (χ4n) is 0.724. The van der Waals surface area contributed by atoms with Crippen molar-refractivity contribution >= 4 is 11.8 Å². The summed E-state index contributed by atoms with van der Waals surface area (Å²) in [7, 11) is 0. The van der Waals surface area contributed by atoms with Crippen molar-refractivity contribution in [3.8, 4) is 0 Å². The van der Waals surface area contributed by atoms with E-state index in [0.717, 1.165) is 0 Å². The van der Waals surface area contributed by atoms with E-state index in [2.05, 4.69) is 0 Å². The molecule has 3 N–H and O–H groups in total. The van der Waals surface area contributed by atoms with Crippen LogP contribution >= 0.6 is 11.8 Å². The fraction of sp³-hybridized carbons (Fsp3) is 1.00. The van der Waals surface area contributed by atoms with Gasteiger partial charge >= 0.3 is 6.18 Å². The second kappa shape index (κ2) is 4.94. The normalized spacial score (nSPS) is 17.5. The third-order valence-electron chi connectivity index (χ3n) is 1.19. The molecule has 0 aliphatic rings. The van der Waals surface area contributed by atoms with Crippen LogP contribution in [0.3, 0.4) is 0 Å². The molecule has 0 bridgehead atoms. The molecule has 0 saturated carbocycles. The molecule has 0 amide bonds. The standard InChI is InChI=1S/C6H12F3NOS/c1-4(10)5(6(7,8)9)12-3-2-11/h4-5,11H,2-3,10H2,1H3. The van der Waals surface area contributed by atoms with Crippen molar-refractivity contribution in [3.63, 3.8) is 0 Å². The summed E-state index contributed by atoms with van der Waals surface area (Å²) in [5, 5.41) is 6.75. The van der Waals surface area contributed by atoms with Crippen LogP contribution in [0.1, 0.15) is 6.92 Å². The average molecular weight is 203 g/mol. The Morgan fingerprint density at radius 2 is 2.00 bits per heavy atom. The monoisotopic (exact) mass is 203 g/mol. The third-order valence-corrected chi connectivity index (χ3v) is 2.66. The quantitative estimate of drug-likeness (QED) is 0.716. The Kier molecular flexibility index (Phi) is 4.96. The van der Waals surface area contributed by atoms with Gasteiger partial charge in [-0.3, -0.25) is 0 Å². The van der Waals surface area contributed by atoms with Crippen LogP contribution in [-0.2, 0) is 0 Å². The number of aliphatic hydroxyl groups is 1. The summed E-state index contributed by atoms with van der Waals surface area (Å²) >= 11 is 0.637. The van der Waals surface area contributed by atoms with Gasteiger partial charge in [0.2, 0.25) is 0 Å². The van der Waals surface area contributed by atoms with Crippen LogP contribution in [-0.4, -0.2) is 34.9 Å². The summed E-state index contributed by atoms with van der Waals surface area (Å²) in [6, 6.07) is -0.943. The molecule has 2 unspecified atom stereocenters. The minimum atomic E-state index is -4.28. The lowest BCUT2D eigenvalue weighted by Gasteiger charge is -2.22. The molecule has 0 heterocycles. The SMILES string of the molecule is CC(N)C(SCCO)C(F)(F)F. The van der Waals surface area contributed by atoms with Gasteiger partial charge in [-0.15, -0.1) is 11.8 Å². The van der Waals surface area contributed by atoms with Gasteiger partial charge in [0.15, 0.2) is 0 Å². The molecule has 0 aromatic carbocycles. The van der Waals surface area contributed by atoms with Crippen LogP contribution in [0, 0.1) is 0 Å². The Labute approximate surface area is 73.3 Å². The van der Waals surface area contributed by atoms with E-state index in [0.29, 0.717) is 11.8 Å². The highest BCUT2D eigenvalue weighted by Crippen LogP contribution is 2.31. The second-order valence-corrected chi connectivity index (χ2v) is 3.67. The number of thioether (sulfide) groups is 1. The predicted molar refractivity (Wildman–Crippen MR) is 43.0 cm³/mol. The maximum atomic E-state index is 12.1. The summed E-state index contributed by atoms with van der Waals surface area (Å²) in [6.45, 7) is 1.05. The van der Waals surface area contributed by atoms with Crippen LogP contribution < -0.4 is 5.73 Å². The van der Waals surface area contributed by atoms with Gasteiger partial charge in [0.05, 0.1) is 6.61 Å². The van der Waals surface area contributed by atoms with E-state index in [-0.39, 0.29) is 12.4 Å². The van der Waals surface area contributed by atoms with Crippen LogP contribution in [0.25, 0.3) is 0 Å². The highest BCUT2D eigenvalue weighted by molar-refractivity contribution is 8.00. The van der Waals surface area contributed by atoms with Gasteiger partial charge in [-0.1, -0.05) is 0 Å². The van der Waals surface area contributed by atoms with Crippen LogP contribution in [0.4, 0.5) is 13.2 Å². The van der Waals surface area contributed by atoms with Gasteiger partial charge in [-0.25, -0.2) is 0 Å². The van der Waals surface area contributed by atoms with Gasteiger partial charge in [0.1, 0.15) is 5.25 Å². The molecule has 0 spiro atoms. The van der Waals surface area contributed by atoms with E-state index in [9.17, 15) is 13.2 Å². The summed E-state index contributed by atoms with van der Waals surface area (Å²) in [5.41, 5.74) is 5.14. The molecule has 0 aromatic rings. The van der Waals surface area contributed by atoms with Gasteiger partial charge in [0, 0.05) is 11.8 Å². The van der Waals surface area contributed by atoms with Crippen molar-refractivity contribution < 1.29 is 18.3 Å². The largest absolute Gasteiger partial charge is 0.402 e. The van der Waals surface area contributed by atoms with E-state index < -0.39 is 17.5 Å². The smallest absolute Gasteiger partial charge is 0.396 e. The summed E-state index contributed by atoms with van der Waals surface area (Å²) in [6.07, 6.45) is -4.28. The lowest BCUT2D eigenvalue weighted by molar-refractivity contribution is -0.131. The van der Waals surface area contributed by atoms with Gasteiger partial charge in [0.25, 0.3) is 0 Å². The maximum Gasteiger partial charge on any atom is 0.402 e. The number of alkyl halides is 3. The van der Waals surface area contributed by atoms with E-state index in [1.165, 1.54) is 6.92 Å². The number of hydrogen-bond acceptors (Lipinski definition) is 3. The zero-order valence-corrected chi connectivity index (χ0v) is 7.45. The van der Waals surface area contributed by atoms with E-state index >= 15 is 0 Å². The van der Waals surface area contributed by atoms with Crippen LogP contribution in [0.2, 0.25) is 0 Å². The van der Waals surface area contributed by atoms with Crippen molar-refractivity contribution in [1.29, 1.82) is 0 Å². The van der Waals surface area contributed by atoms with E-state index in [1.807, 2.05) is 0 Å². The number of hydrogen-bond donors (Lipinski definition) is 2. The molecule has 12 heavy (non-hydrogen) atoms. The van der Waals surface area contributed by atoms with Crippen molar-refractivity contribution in [2.45, 2.75) is 24.4 Å². The average Bonchev–Trinajstić information content (AvgIpc) is 1.84. The van der Waals surface area contributed by atoms with Crippen molar-refractivity contribution in [3.05, 3.63) is 0 Å². The predicted octanol–water partition coefficient (Wildman–Crippen LogP) is 0.990. The molecule has 2 nitrogen and oxygen atoms in total. The third kappa shape index (κ3) is 4.18. The second-order valence-electron chi connectivity index (χ2n) is 2.42. The Bertz CT molecular complexity index is 128. The summed E-state index contributed by atoms with van der Waals surface area (Å²) in [5.74, 6) is 0.0612. The highest BCUT2D eigenvalue weighted by Gasteiger charge is 2.41. The Balaban J connectivity index is 4.05. The molecule has 0 radical (unpaired) electrons. The molecule has 0 saturated heterocycles. The number of rotatable bonds is 4. The molecule has 74 valence electrons. The first-order valence-electron chi connectivity index (χ1n) is 3.44. The van der Waals surface area contributed by atoms with Crippen LogP contribution in [0.5, 0.6) is 0 Å². The number of halogens is 3. The molecule has 2 atom stereocenters. The molecule has 0 aromatic heterocycles. The lowest BCUT2D eigenvalue weighted by atomic mass is 10.2. The van der Waals surface area contributed by atoms with E-state index in [1.54, 1.807) is 0 Å². The van der Waals surface area contributed by atoms with Gasteiger partial charge in [-0.2, -0.15) is 13.2 Å². The first-order valence-corrected chi connectivity index (χ1v) is 4.49.